The Bertz CT molecular complexity index is 350. The van der Waals surface area contributed by atoms with Gasteiger partial charge >= 0.3 is 0 Å². The normalized spacial score (nSPS) is 12.1. The molecule has 1 rings (SSSR count). The third kappa shape index (κ3) is 4.40. The molecule has 0 aromatic carbocycles. The summed E-state index contributed by atoms with van der Waals surface area (Å²) in [4.78, 5) is 15.0. The summed E-state index contributed by atoms with van der Waals surface area (Å²) >= 11 is 0. The zero-order valence-electron chi connectivity index (χ0n) is 10.1. The van der Waals surface area contributed by atoms with Crippen molar-refractivity contribution in [3.63, 3.8) is 0 Å². The summed E-state index contributed by atoms with van der Waals surface area (Å²) in [6, 6.07) is 3.43. The molecule has 5 nitrogen and oxygen atoms in total. The summed E-state index contributed by atoms with van der Waals surface area (Å²) in [6.07, 6.45) is 3.57. The topological polar surface area (TPSA) is 94.0 Å². The average molecular weight is 236 g/mol. The van der Waals surface area contributed by atoms with Crippen LogP contribution in [-0.4, -0.2) is 24.0 Å². The van der Waals surface area contributed by atoms with Crippen LogP contribution in [-0.2, 0) is 0 Å². The lowest BCUT2D eigenvalue weighted by atomic mass is 10.0. The molecule has 0 aliphatic rings. The first-order valence-electron chi connectivity index (χ1n) is 5.87. The van der Waals surface area contributed by atoms with Gasteiger partial charge < -0.3 is 16.8 Å². The molecule has 1 amide bonds. The van der Waals surface area contributed by atoms with E-state index in [4.69, 9.17) is 11.5 Å². The molecule has 0 spiro atoms. The van der Waals surface area contributed by atoms with E-state index in [-0.39, 0.29) is 0 Å². The number of hydrogen-bond acceptors (Lipinski definition) is 4. The maximum absolute atomic E-state index is 10.9. The third-order valence-electron chi connectivity index (χ3n) is 2.77. The van der Waals surface area contributed by atoms with E-state index in [1.807, 2.05) is 0 Å². The highest BCUT2D eigenvalue weighted by atomic mass is 16.1. The molecule has 0 aliphatic heterocycles. The van der Waals surface area contributed by atoms with Gasteiger partial charge in [0.2, 0.25) is 5.91 Å². The molecule has 0 bridgehead atoms. The van der Waals surface area contributed by atoms with E-state index in [1.54, 1.807) is 12.1 Å². The molecule has 0 saturated heterocycles. The molecule has 5 N–H and O–H groups in total. The van der Waals surface area contributed by atoms with Gasteiger partial charge in [-0.3, -0.25) is 4.79 Å². The van der Waals surface area contributed by atoms with E-state index < -0.39 is 5.91 Å². The van der Waals surface area contributed by atoms with Crippen molar-refractivity contribution in [2.45, 2.75) is 19.8 Å². The van der Waals surface area contributed by atoms with Crippen molar-refractivity contribution in [1.82, 2.24) is 4.98 Å². The minimum absolute atomic E-state index is 0.421. The predicted octanol–water partition coefficient (Wildman–Crippen LogP) is 0.967. The van der Waals surface area contributed by atoms with Crippen molar-refractivity contribution in [3.05, 3.63) is 23.9 Å². The van der Waals surface area contributed by atoms with Crippen LogP contribution >= 0.6 is 0 Å². The van der Waals surface area contributed by atoms with Gasteiger partial charge in [0.25, 0.3) is 0 Å². The summed E-state index contributed by atoms with van der Waals surface area (Å²) in [5.74, 6) is 0.849. The van der Waals surface area contributed by atoms with Crippen molar-refractivity contribution < 1.29 is 4.79 Å². The molecule has 0 saturated carbocycles. The number of nitrogens with two attached hydrogens (primary N) is 2. The molecule has 17 heavy (non-hydrogen) atoms. The number of carbonyl (C=O) groups is 1. The summed E-state index contributed by atoms with van der Waals surface area (Å²) < 4.78 is 0. The molecular weight excluding hydrogens is 216 g/mol. The molecule has 1 heterocycles. The van der Waals surface area contributed by atoms with E-state index in [0.29, 0.717) is 18.0 Å². The van der Waals surface area contributed by atoms with Crippen molar-refractivity contribution >= 4 is 11.7 Å². The highest BCUT2D eigenvalue weighted by Gasteiger charge is 2.06. The lowest BCUT2D eigenvalue weighted by Gasteiger charge is -2.14. The SMILES string of the molecule is CCC(CCN)CNc1ccc(C(N)=O)cn1. The Balaban J connectivity index is 2.48. The maximum atomic E-state index is 10.9. The lowest BCUT2D eigenvalue weighted by Crippen LogP contribution is -2.18. The lowest BCUT2D eigenvalue weighted by molar-refractivity contribution is 0.1000. The van der Waals surface area contributed by atoms with Gasteiger partial charge in [0.05, 0.1) is 5.56 Å². The minimum atomic E-state index is -0.460. The number of aromatic nitrogens is 1. The van der Waals surface area contributed by atoms with Crippen molar-refractivity contribution in [3.8, 4) is 0 Å². The smallest absolute Gasteiger partial charge is 0.250 e. The van der Waals surface area contributed by atoms with Crippen molar-refractivity contribution in [1.29, 1.82) is 0 Å². The molecule has 1 unspecified atom stereocenters. The molecule has 1 aromatic rings. The van der Waals surface area contributed by atoms with E-state index in [0.717, 1.165) is 25.2 Å². The van der Waals surface area contributed by atoms with Gasteiger partial charge in [0.15, 0.2) is 0 Å². The Morgan fingerprint density at radius 2 is 2.29 bits per heavy atom. The first-order chi connectivity index (χ1) is 8.17. The molecule has 0 aliphatic carbocycles. The Morgan fingerprint density at radius 3 is 2.76 bits per heavy atom. The van der Waals surface area contributed by atoms with E-state index in [2.05, 4.69) is 17.2 Å². The fourth-order valence-electron chi connectivity index (χ4n) is 1.58. The van der Waals surface area contributed by atoms with Crippen LogP contribution in [0, 0.1) is 5.92 Å². The molecule has 0 fully saturated rings. The third-order valence-corrected chi connectivity index (χ3v) is 2.77. The number of pyridine rings is 1. The molecule has 5 heteroatoms. The van der Waals surface area contributed by atoms with Gasteiger partial charge in [-0.1, -0.05) is 13.3 Å². The Labute approximate surface area is 102 Å². The van der Waals surface area contributed by atoms with Crippen LogP contribution in [0.1, 0.15) is 30.1 Å². The molecule has 1 aromatic heterocycles. The summed E-state index contributed by atoms with van der Waals surface area (Å²) in [6.45, 7) is 3.69. The number of rotatable bonds is 7. The largest absolute Gasteiger partial charge is 0.370 e. The monoisotopic (exact) mass is 236 g/mol. The Morgan fingerprint density at radius 1 is 1.53 bits per heavy atom. The van der Waals surface area contributed by atoms with E-state index in [9.17, 15) is 4.79 Å². The highest BCUT2D eigenvalue weighted by molar-refractivity contribution is 5.92. The van der Waals surface area contributed by atoms with Crippen LogP contribution in [0.5, 0.6) is 0 Å². The zero-order chi connectivity index (χ0) is 12.7. The van der Waals surface area contributed by atoms with Crippen LogP contribution < -0.4 is 16.8 Å². The predicted molar refractivity (Wildman–Crippen MR) is 68.7 cm³/mol. The molecule has 94 valence electrons. The van der Waals surface area contributed by atoms with Gasteiger partial charge in [-0.05, 0) is 31.0 Å². The molecular formula is C12H20N4O. The summed E-state index contributed by atoms with van der Waals surface area (Å²) in [7, 11) is 0. The van der Waals surface area contributed by atoms with Gasteiger partial charge in [-0.15, -0.1) is 0 Å². The van der Waals surface area contributed by atoms with Gasteiger partial charge in [-0.25, -0.2) is 4.98 Å². The van der Waals surface area contributed by atoms with Crippen molar-refractivity contribution in [2.75, 3.05) is 18.4 Å². The van der Waals surface area contributed by atoms with E-state index in [1.165, 1.54) is 6.20 Å². The molecule has 1 atom stereocenters. The fourth-order valence-corrected chi connectivity index (χ4v) is 1.58. The summed E-state index contributed by atoms with van der Waals surface area (Å²) in [5, 5.41) is 3.23. The van der Waals surface area contributed by atoms with E-state index >= 15 is 0 Å². The number of nitrogens with one attached hydrogen (secondary N) is 1. The first-order valence-corrected chi connectivity index (χ1v) is 5.87. The minimum Gasteiger partial charge on any atom is -0.370 e. The average Bonchev–Trinajstić information content (AvgIpc) is 2.35. The number of nitrogens with zero attached hydrogens (tertiary/aromatic N) is 1. The van der Waals surface area contributed by atoms with Crippen LogP contribution in [0.2, 0.25) is 0 Å². The van der Waals surface area contributed by atoms with Crippen LogP contribution in [0.3, 0.4) is 0 Å². The Kier molecular flexibility index (Phi) is 5.42. The van der Waals surface area contributed by atoms with Gasteiger partial charge in [0, 0.05) is 12.7 Å². The van der Waals surface area contributed by atoms with Gasteiger partial charge in [-0.2, -0.15) is 0 Å². The standard InChI is InChI=1S/C12H20N4O/c1-2-9(5-6-13)7-15-11-4-3-10(8-16-11)12(14)17/h3-4,8-9H,2,5-7,13H2,1H3,(H2,14,17)(H,15,16). The first kappa shape index (κ1) is 13.4. The maximum Gasteiger partial charge on any atom is 0.250 e. The number of carbonyl (C=O) groups excluding carboxylic acids is 1. The summed E-state index contributed by atoms with van der Waals surface area (Å²) in [5.41, 5.74) is 11.1. The van der Waals surface area contributed by atoms with Crippen molar-refractivity contribution in [2.24, 2.45) is 17.4 Å². The quantitative estimate of drug-likeness (QED) is 0.657. The van der Waals surface area contributed by atoms with Gasteiger partial charge in [0.1, 0.15) is 5.82 Å². The Hall–Kier alpha value is -1.62. The highest BCUT2D eigenvalue weighted by Crippen LogP contribution is 2.10. The zero-order valence-corrected chi connectivity index (χ0v) is 10.1. The molecule has 0 radical (unpaired) electrons. The fraction of sp³-hybridized carbons (Fsp3) is 0.500. The second-order valence-electron chi connectivity index (χ2n) is 4.03. The number of amides is 1. The number of primary amides is 1. The van der Waals surface area contributed by atoms with Crippen LogP contribution in [0.15, 0.2) is 18.3 Å². The second-order valence-corrected chi connectivity index (χ2v) is 4.03. The number of hydrogen-bond donors (Lipinski definition) is 3. The van der Waals surface area contributed by atoms with Crippen LogP contribution in [0.25, 0.3) is 0 Å². The second kappa shape index (κ2) is 6.85. The van der Waals surface area contributed by atoms with Crippen LogP contribution in [0.4, 0.5) is 5.82 Å². The number of anilines is 1.